The van der Waals surface area contributed by atoms with Crippen molar-refractivity contribution in [1.82, 2.24) is 5.32 Å². The van der Waals surface area contributed by atoms with Crippen LogP contribution in [0.1, 0.15) is 39.5 Å². The number of hydrogen-bond acceptors (Lipinski definition) is 3. The summed E-state index contributed by atoms with van der Waals surface area (Å²) in [6.45, 7) is 5.81. The molecular weight excluding hydrogens is 190 g/mol. The minimum absolute atomic E-state index is 0.219. The Morgan fingerprint density at radius 2 is 2.07 bits per heavy atom. The first kappa shape index (κ1) is 12.9. The van der Waals surface area contributed by atoms with Gasteiger partial charge in [-0.05, 0) is 38.5 Å². The van der Waals surface area contributed by atoms with Gasteiger partial charge in [-0.15, -0.1) is 0 Å². The summed E-state index contributed by atoms with van der Waals surface area (Å²) < 4.78 is 5.15. The predicted molar refractivity (Wildman–Crippen MR) is 61.9 cm³/mol. The van der Waals surface area contributed by atoms with Crippen LogP contribution in [0, 0.1) is 5.92 Å². The molecule has 0 saturated heterocycles. The number of aliphatic hydroxyl groups is 1. The van der Waals surface area contributed by atoms with Crippen molar-refractivity contribution < 1.29 is 9.84 Å². The molecule has 1 aliphatic rings. The molecule has 0 radical (unpaired) electrons. The highest BCUT2D eigenvalue weighted by atomic mass is 16.5. The van der Waals surface area contributed by atoms with Crippen LogP contribution in [0.5, 0.6) is 0 Å². The number of nitrogens with one attached hydrogen (secondary N) is 1. The summed E-state index contributed by atoms with van der Waals surface area (Å²) in [4.78, 5) is 0. The third-order valence-electron chi connectivity index (χ3n) is 3.49. The summed E-state index contributed by atoms with van der Waals surface area (Å²) in [7, 11) is 1.71. The Morgan fingerprint density at radius 3 is 2.60 bits per heavy atom. The van der Waals surface area contributed by atoms with Gasteiger partial charge >= 0.3 is 0 Å². The second-order valence-electron chi connectivity index (χ2n) is 5.08. The van der Waals surface area contributed by atoms with Crippen molar-refractivity contribution in [2.75, 3.05) is 20.2 Å². The van der Waals surface area contributed by atoms with Gasteiger partial charge in [0.05, 0.1) is 11.7 Å². The summed E-state index contributed by atoms with van der Waals surface area (Å²) in [5.41, 5.74) is -0.472. The highest BCUT2D eigenvalue weighted by Gasteiger charge is 2.31. The molecule has 0 aliphatic heterocycles. The molecule has 3 heteroatoms. The van der Waals surface area contributed by atoms with Crippen LogP contribution in [0.2, 0.25) is 0 Å². The molecule has 1 atom stereocenters. The first-order valence-corrected chi connectivity index (χ1v) is 6.01. The maximum absolute atomic E-state index is 10.3. The standard InChI is InChI=1S/C12H25NO2/c1-10-4-6-12(14,7-5-10)9-13-8-11(2)15-3/h10-11,13-14H,4-9H2,1-3H3. The fourth-order valence-corrected chi connectivity index (χ4v) is 2.07. The van der Waals surface area contributed by atoms with E-state index >= 15 is 0 Å². The first-order chi connectivity index (χ1) is 7.06. The molecule has 90 valence electrons. The van der Waals surface area contributed by atoms with E-state index in [0.717, 1.165) is 38.1 Å². The van der Waals surface area contributed by atoms with Gasteiger partial charge in [-0.1, -0.05) is 6.92 Å². The molecule has 15 heavy (non-hydrogen) atoms. The monoisotopic (exact) mass is 215 g/mol. The smallest absolute Gasteiger partial charge is 0.0771 e. The Bertz CT molecular complexity index is 176. The van der Waals surface area contributed by atoms with Crippen molar-refractivity contribution in [3.63, 3.8) is 0 Å². The topological polar surface area (TPSA) is 41.5 Å². The lowest BCUT2D eigenvalue weighted by molar-refractivity contribution is -0.00863. The SMILES string of the molecule is COC(C)CNCC1(O)CCC(C)CC1. The van der Waals surface area contributed by atoms with Gasteiger partial charge in [-0.3, -0.25) is 0 Å². The Hall–Kier alpha value is -0.120. The number of rotatable bonds is 5. The Labute approximate surface area is 93.2 Å². The van der Waals surface area contributed by atoms with Crippen molar-refractivity contribution in [3.8, 4) is 0 Å². The van der Waals surface area contributed by atoms with E-state index in [-0.39, 0.29) is 6.10 Å². The summed E-state index contributed by atoms with van der Waals surface area (Å²) in [5, 5.41) is 13.6. The maximum Gasteiger partial charge on any atom is 0.0771 e. The van der Waals surface area contributed by atoms with Gasteiger partial charge in [0.25, 0.3) is 0 Å². The van der Waals surface area contributed by atoms with Gasteiger partial charge in [-0.2, -0.15) is 0 Å². The van der Waals surface area contributed by atoms with Crippen LogP contribution in [0.25, 0.3) is 0 Å². The lowest BCUT2D eigenvalue weighted by Crippen LogP contribution is -2.45. The Morgan fingerprint density at radius 1 is 1.47 bits per heavy atom. The number of ether oxygens (including phenoxy) is 1. The van der Waals surface area contributed by atoms with E-state index in [1.165, 1.54) is 0 Å². The third kappa shape index (κ3) is 4.49. The fraction of sp³-hybridized carbons (Fsp3) is 1.00. The van der Waals surface area contributed by atoms with Crippen molar-refractivity contribution in [2.45, 2.75) is 51.2 Å². The van der Waals surface area contributed by atoms with Gasteiger partial charge in [0.2, 0.25) is 0 Å². The summed E-state index contributed by atoms with van der Waals surface area (Å²) in [6, 6.07) is 0. The zero-order valence-corrected chi connectivity index (χ0v) is 10.3. The Balaban J connectivity index is 2.19. The predicted octanol–water partition coefficient (Wildman–Crippen LogP) is 1.55. The largest absolute Gasteiger partial charge is 0.389 e. The first-order valence-electron chi connectivity index (χ1n) is 6.01. The van der Waals surface area contributed by atoms with Crippen LogP contribution in [0.15, 0.2) is 0 Å². The van der Waals surface area contributed by atoms with Gasteiger partial charge in [-0.25, -0.2) is 0 Å². The second kappa shape index (κ2) is 5.83. The summed E-state index contributed by atoms with van der Waals surface area (Å²) in [6.07, 6.45) is 4.39. The molecule has 0 bridgehead atoms. The van der Waals surface area contributed by atoms with Gasteiger partial charge in [0.1, 0.15) is 0 Å². The molecule has 1 saturated carbocycles. The summed E-state index contributed by atoms with van der Waals surface area (Å²) >= 11 is 0. The van der Waals surface area contributed by atoms with Crippen molar-refractivity contribution in [1.29, 1.82) is 0 Å². The van der Waals surface area contributed by atoms with E-state index in [9.17, 15) is 5.11 Å². The second-order valence-corrected chi connectivity index (χ2v) is 5.08. The lowest BCUT2D eigenvalue weighted by Gasteiger charge is -2.35. The molecule has 0 aromatic heterocycles. The van der Waals surface area contributed by atoms with Gasteiger partial charge in [0, 0.05) is 20.2 Å². The van der Waals surface area contributed by atoms with Crippen LogP contribution >= 0.6 is 0 Å². The molecule has 2 N–H and O–H groups in total. The van der Waals surface area contributed by atoms with Crippen LogP contribution < -0.4 is 5.32 Å². The van der Waals surface area contributed by atoms with Crippen molar-refractivity contribution >= 4 is 0 Å². The molecule has 1 aliphatic carbocycles. The highest BCUT2D eigenvalue weighted by Crippen LogP contribution is 2.31. The van der Waals surface area contributed by atoms with Crippen LogP contribution in [0.4, 0.5) is 0 Å². The Kier molecular flexibility index (Phi) is 5.03. The van der Waals surface area contributed by atoms with Crippen LogP contribution in [-0.4, -0.2) is 37.0 Å². The summed E-state index contributed by atoms with van der Waals surface area (Å²) in [5.74, 6) is 0.781. The molecule has 0 amide bonds. The minimum atomic E-state index is -0.472. The maximum atomic E-state index is 10.3. The molecule has 1 fully saturated rings. The average Bonchev–Trinajstić information content (AvgIpc) is 2.23. The quantitative estimate of drug-likeness (QED) is 0.731. The van der Waals surface area contributed by atoms with E-state index in [0.29, 0.717) is 6.54 Å². The van der Waals surface area contributed by atoms with E-state index in [1.807, 2.05) is 6.92 Å². The lowest BCUT2D eigenvalue weighted by atomic mass is 9.79. The zero-order chi connectivity index (χ0) is 11.3. The molecule has 1 rings (SSSR count). The van der Waals surface area contributed by atoms with E-state index < -0.39 is 5.60 Å². The van der Waals surface area contributed by atoms with Gasteiger partial charge < -0.3 is 15.2 Å². The van der Waals surface area contributed by atoms with Crippen LogP contribution in [0.3, 0.4) is 0 Å². The van der Waals surface area contributed by atoms with Crippen molar-refractivity contribution in [3.05, 3.63) is 0 Å². The molecule has 0 aromatic rings. The fourth-order valence-electron chi connectivity index (χ4n) is 2.07. The van der Waals surface area contributed by atoms with Gasteiger partial charge in [0.15, 0.2) is 0 Å². The third-order valence-corrected chi connectivity index (χ3v) is 3.49. The molecule has 0 heterocycles. The average molecular weight is 215 g/mol. The number of hydrogen-bond donors (Lipinski definition) is 2. The minimum Gasteiger partial charge on any atom is -0.389 e. The molecule has 3 nitrogen and oxygen atoms in total. The van der Waals surface area contributed by atoms with E-state index in [1.54, 1.807) is 7.11 Å². The van der Waals surface area contributed by atoms with Crippen molar-refractivity contribution in [2.24, 2.45) is 5.92 Å². The molecule has 0 spiro atoms. The number of methoxy groups -OCH3 is 1. The van der Waals surface area contributed by atoms with Crippen LogP contribution in [-0.2, 0) is 4.74 Å². The molecular formula is C12H25NO2. The van der Waals surface area contributed by atoms with E-state index in [2.05, 4.69) is 12.2 Å². The zero-order valence-electron chi connectivity index (χ0n) is 10.3. The molecule has 1 unspecified atom stereocenters. The normalized spacial score (nSPS) is 34.0. The van der Waals surface area contributed by atoms with E-state index in [4.69, 9.17) is 4.74 Å². The molecule has 0 aromatic carbocycles. The highest BCUT2D eigenvalue weighted by molar-refractivity contribution is 4.86.